The molecule has 1 fully saturated rings. The molecule has 1 amide bonds. The van der Waals surface area contributed by atoms with E-state index in [-0.39, 0.29) is 17.6 Å². The zero-order valence-corrected chi connectivity index (χ0v) is 17.2. The lowest BCUT2D eigenvalue weighted by Gasteiger charge is -2.11. The predicted molar refractivity (Wildman–Crippen MR) is 116 cm³/mol. The van der Waals surface area contributed by atoms with E-state index in [9.17, 15) is 9.59 Å². The maximum absolute atomic E-state index is 12.5. The van der Waals surface area contributed by atoms with Gasteiger partial charge in [-0.1, -0.05) is 36.2 Å². The molecule has 8 heteroatoms. The van der Waals surface area contributed by atoms with Crippen molar-refractivity contribution in [3.8, 4) is 11.4 Å². The van der Waals surface area contributed by atoms with Crippen molar-refractivity contribution in [3.05, 3.63) is 70.5 Å². The molecule has 5 rings (SSSR count). The summed E-state index contributed by atoms with van der Waals surface area (Å²) in [6.07, 6.45) is 4.39. The van der Waals surface area contributed by atoms with E-state index in [0.29, 0.717) is 17.3 Å². The van der Waals surface area contributed by atoms with Gasteiger partial charge in [-0.2, -0.15) is 4.98 Å². The smallest absolute Gasteiger partial charge is 0.326 e. The van der Waals surface area contributed by atoms with Crippen molar-refractivity contribution in [1.82, 2.24) is 25.0 Å². The number of aromatic nitrogens is 4. The number of carbonyl (C=O) groups is 1. The van der Waals surface area contributed by atoms with E-state index in [2.05, 4.69) is 20.4 Å². The quantitative estimate of drug-likeness (QED) is 0.511. The van der Waals surface area contributed by atoms with Crippen LogP contribution in [0.25, 0.3) is 22.4 Å². The van der Waals surface area contributed by atoms with Crippen LogP contribution in [0.5, 0.6) is 0 Å². The molecule has 31 heavy (non-hydrogen) atoms. The number of carbonyl (C=O) groups excluding carboxylic acids is 1. The summed E-state index contributed by atoms with van der Waals surface area (Å²) in [5.41, 5.74) is 2.88. The molecule has 1 saturated carbocycles. The standard InChI is InChI=1S/C23H23N5O3/c1-14(24-21(29)15-7-3-2-4-8-15)22-26-20(27-31-22)16-11-12-19-18(13-16)25-23(30)28(19)17-9-5-6-10-17/h2-4,7-8,11-14,17H,5-6,9-10H2,1H3,(H,24,29)(H,25,30)/t14-/m0/s1. The molecule has 4 aromatic rings. The SMILES string of the molecule is C[C@H](NC(=O)c1ccccc1)c1nc(-c2ccc3c(c2)[nH]c(=O)n3C2CCCC2)no1. The molecule has 2 aromatic carbocycles. The highest BCUT2D eigenvalue weighted by molar-refractivity contribution is 5.94. The highest BCUT2D eigenvalue weighted by Gasteiger charge is 2.22. The first-order chi connectivity index (χ1) is 15.1. The van der Waals surface area contributed by atoms with Crippen molar-refractivity contribution in [2.24, 2.45) is 0 Å². The molecule has 0 unspecified atom stereocenters. The summed E-state index contributed by atoms with van der Waals surface area (Å²) >= 11 is 0. The van der Waals surface area contributed by atoms with Crippen LogP contribution in [0, 0.1) is 0 Å². The van der Waals surface area contributed by atoms with Gasteiger partial charge < -0.3 is 14.8 Å². The second-order valence-electron chi connectivity index (χ2n) is 7.99. The number of aromatic amines is 1. The Bertz CT molecular complexity index is 1280. The monoisotopic (exact) mass is 417 g/mol. The van der Waals surface area contributed by atoms with E-state index < -0.39 is 6.04 Å². The van der Waals surface area contributed by atoms with E-state index in [1.54, 1.807) is 19.1 Å². The molecule has 2 heterocycles. The van der Waals surface area contributed by atoms with Crippen LogP contribution in [-0.2, 0) is 0 Å². The lowest BCUT2D eigenvalue weighted by atomic mass is 10.1. The number of nitrogens with zero attached hydrogens (tertiary/aromatic N) is 3. The molecule has 2 aromatic heterocycles. The lowest BCUT2D eigenvalue weighted by Crippen LogP contribution is -2.26. The number of imidazole rings is 1. The summed E-state index contributed by atoms with van der Waals surface area (Å²) in [5, 5.41) is 6.93. The van der Waals surface area contributed by atoms with Crippen LogP contribution < -0.4 is 11.0 Å². The van der Waals surface area contributed by atoms with Gasteiger partial charge in [0.25, 0.3) is 5.91 Å². The Labute approximate surface area is 178 Å². The number of nitrogens with one attached hydrogen (secondary N) is 2. The summed E-state index contributed by atoms with van der Waals surface area (Å²) in [5.74, 6) is 0.517. The number of H-pyrrole nitrogens is 1. The number of hydrogen-bond acceptors (Lipinski definition) is 5. The number of benzene rings is 2. The predicted octanol–water partition coefficient (Wildman–Crippen LogP) is 3.99. The molecule has 2 N–H and O–H groups in total. The number of hydrogen-bond donors (Lipinski definition) is 2. The zero-order valence-electron chi connectivity index (χ0n) is 17.2. The van der Waals surface area contributed by atoms with Crippen LogP contribution >= 0.6 is 0 Å². The Morgan fingerprint density at radius 2 is 1.97 bits per heavy atom. The molecule has 1 atom stereocenters. The number of fused-ring (bicyclic) bond motifs is 1. The number of amides is 1. The summed E-state index contributed by atoms with van der Waals surface area (Å²) < 4.78 is 7.26. The van der Waals surface area contributed by atoms with Gasteiger partial charge in [0.15, 0.2) is 0 Å². The van der Waals surface area contributed by atoms with Crippen LogP contribution in [0.15, 0.2) is 57.8 Å². The molecule has 0 spiro atoms. The molecule has 8 nitrogen and oxygen atoms in total. The van der Waals surface area contributed by atoms with Crippen LogP contribution in [0.3, 0.4) is 0 Å². The molecular weight excluding hydrogens is 394 g/mol. The van der Waals surface area contributed by atoms with Crippen molar-refractivity contribution < 1.29 is 9.32 Å². The summed E-state index contributed by atoms with van der Waals surface area (Å²) in [4.78, 5) is 32.3. The van der Waals surface area contributed by atoms with Gasteiger partial charge in [-0.05, 0) is 50.1 Å². The number of rotatable bonds is 5. The molecule has 0 saturated heterocycles. The minimum atomic E-state index is -0.444. The fraction of sp³-hybridized carbons (Fsp3) is 0.304. The first-order valence-electron chi connectivity index (χ1n) is 10.5. The highest BCUT2D eigenvalue weighted by atomic mass is 16.5. The van der Waals surface area contributed by atoms with Crippen molar-refractivity contribution in [2.45, 2.75) is 44.7 Å². The molecule has 1 aliphatic rings. The van der Waals surface area contributed by atoms with Gasteiger partial charge in [0.05, 0.1) is 11.0 Å². The molecule has 0 bridgehead atoms. The third-order valence-corrected chi connectivity index (χ3v) is 5.86. The zero-order chi connectivity index (χ0) is 21.4. The fourth-order valence-corrected chi connectivity index (χ4v) is 4.25. The Hall–Kier alpha value is -3.68. The van der Waals surface area contributed by atoms with Crippen molar-refractivity contribution in [2.75, 3.05) is 0 Å². The second kappa shape index (κ2) is 7.86. The minimum Gasteiger partial charge on any atom is -0.341 e. The Morgan fingerprint density at radius 1 is 1.19 bits per heavy atom. The van der Waals surface area contributed by atoms with Crippen molar-refractivity contribution >= 4 is 16.9 Å². The Kier molecular flexibility index (Phi) is 4.89. The maximum Gasteiger partial charge on any atom is 0.326 e. The van der Waals surface area contributed by atoms with Crippen molar-refractivity contribution in [1.29, 1.82) is 0 Å². The van der Waals surface area contributed by atoms with Gasteiger partial charge in [0.2, 0.25) is 11.7 Å². The summed E-state index contributed by atoms with van der Waals surface area (Å²) in [6, 6.07) is 14.5. The normalized spacial score (nSPS) is 15.4. The molecular formula is C23H23N5O3. The Balaban J connectivity index is 1.37. The fourth-order valence-electron chi connectivity index (χ4n) is 4.25. The first kappa shape index (κ1) is 19.3. The van der Waals surface area contributed by atoms with Gasteiger partial charge in [-0.3, -0.25) is 9.36 Å². The lowest BCUT2D eigenvalue weighted by molar-refractivity contribution is 0.0932. The molecule has 0 radical (unpaired) electrons. The van der Waals surface area contributed by atoms with E-state index in [1.807, 2.05) is 41.0 Å². The highest BCUT2D eigenvalue weighted by Crippen LogP contribution is 2.31. The van der Waals surface area contributed by atoms with E-state index in [4.69, 9.17) is 4.52 Å². The second-order valence-corrected chi connectivity index (χ2v) is 7.99. The van der Waals surface area contributed by atoms with Gasteiger partial charge in [-0.15, -0.1) is 0 Å². The van der Waals surface area contributed by atoms with E-state index >= 15 is 0 Å². The molecule has 158 valence electrons. The van der Waals surface area contributed by atoms with E-state index in [0.717, 1.165) is 42.3 Å². The van der Waals surface area contributed by atoms with Crippen LogP contribution in [0.1, 0.15) is 60.9 Å². The van der Waals surface area contributed by atoms with Gasteiger partial charge in [0.1, 0.15) is 6.04 Å². The largest absolute Gasteiger partial charge is 0.341 e. The summed E-state index contributed by atoms with van der Waals surface area (Å²) in [6.45, 7) is 1.79. The third-order valence-electron chi connectivity index (χ3n) is 5.86. The summed E-state index contributed by atoms with van der Waals surface area (Å²) in [7, 11) is 0. The van der Waals surface area contributed by atoms with Gasteiger partial charge in [0, 0.05) is 17.2 Å². The van der Waals surface area contributed by atoms with E-state index in [1.165, 1.54) is 0 Å². The minimum absolute atomic E-state index is 0.0786. The molecule has 0 aliphatic heterocycles. The molecule has 1 aliphatic carbocycles. The first-order valence-corrected chi connectivity index (χ1v) is 10.5. The topological polar surface area (TPSA) is 106 Å². The Morgan fingerprint density at radius 3 is 2.74 bits per heavy atom. The van der Waals surface area contributed by atoms with Gasteiger partial charge in [-0.25, -0.2) is 4.79 Å². The average Bonchev–Trinajstić information content (AvgIpc) is 3.53. The average molecular weight is 417 g/mol. The van der Waals surface area contributed by atoms with Crippen molar-refractivity contribution in [3.63, 3.8) is 0 Å². The maximum atomic E-state index is 12.5. The van der Waals surface area contributed by atoms with Crippen LogP contribution in [-0.4, -0.2) is 25.6 Å². The van der Waals surface area contributed by atoms with Gasteiger partial charge >= 0.3 is 5.69 Å². The van der Waals surface area contributed by atoms with Crippen LogP contribution in [0.2, 0.25) is 0 Å². The van der Waals surface area contributed by atoms with Crippen LogP contribution in [0.4, 0.5) is 0 Å². The third kappa shape index (κ3) is 3.65.